The summed E-state index contributed by atoms with van der Waals surface area (Å²) in [6.45, 7) is 0. The molecule has 7 nitrogen and oxygen atoms in total. The van der Waals surface area contributed by atoms with Crippen molar-refractivity contribution in [2.75, 3.05) is 12.4 Å². The fraction of sp³-hybridized carbons (Fsp3) is 0.500. The van der Waals surface area contributed by atoms with Gasteiger partial charge in [0.1, 0.15) is 0 Å². The first-order chi connectivity index (χ1) is 9.97. The number of nitro groups is 1. The molecule has 21 heavy (non-hydrogen) atoms. The summed E-state index contributed by atoms with van der Waals surface area (Å²) in [5.74, 6) is 0. The number of hydrogen-bond donors (Lipinski definition) is 2. The second-order valence-electron chi connectivity index (χ2n) is 5.42. The number of non-ortho nitro benzene ring substituents is 1. The van der Waals surface area contributed by atoms with Gasteiger partial charge in [0.2, 0.25) is 0 Å². The molecule has 2 rings (SSSR count). The molecule has 1 aliphatic rings. The van der Waals surface area contributed by atoms with Crippen LogP contribution in [-0.4, -0.2) is 35.0 Å². The second kappa shape index (κ2) is 6.53. The van der Waals surface area contributed by atoms with E-state index < -0.39 is 4.92 Å². The van der Waals surface area contributed by atoms with E-state index in [-0.39, 0.29) is 23.8 Å². The van der Waals surface area contributed by atoms with Gasteiger partial charge in [-0.3, -0.25) is 10.1 Å². The third-order valence-electron chi connectivity index (χ3n) is 3.92. The van der Waals surface area contributed by atoms with E-state index >= 15 is 0 Å². The van der Waals surface area contributed by atoms with Crippen molar-refractivity contribution in [1.82, 2.24) is 4.90 Å². The molecule has 0 atom stereocenters. The molecular weight excluding hydrogens is 272 g/mol. The van der Waals surface area contributed by atoms with Crippen molar-refractivity contribution in [2.45, 2.75) is 37.8 Å². The van der Waals surface area contributed by atoms with Crippen LogP contribution in [0.5, 0.6) is 0 Å². The van der Waals surface area contributed by atoms with Crippen LogP contribution in [0, 0.1) is 10.1 Å². The zero-order valence-corrected chi connectivity index (χ0v) is 12.0. The van der Waals surface area contributed by atoms with Crippen molar-refractivity contribution in [2.24, 2.45) is 5.73 Å². The lowest BCUT2D eigenvalue weighted by Gasteiger charge is -2.33. The van der Waals surface area contributed by atoms with Gasteiger partial charge in [-0.25, -0.2) is 4.79 Å². The van der Waals surface area contributed by atoms with E-state index in [1.54, 1.807) is 24.1 Å². The summed E-state index contributed by atoms with van der Waals surface area (Å²) in [5.41, 5.74) is 6.24. The summed E-state index contributed by atoms with van der Waals surface area (Å²) in [6, 6.07) is 6.07. The molecule has 2 amide bonds. The summed E-state index contributed by atoms with van der Waals surface area (Å²) >= 11 is 0. The Balaban J connectivity index is 1.97. The van der Waals surface area contributed by atoms with Crippen LogP contribution in [0.25, 0.3) is 0 Å². The van der Waals surface area contributed by atoms with Crippen LogP contribution >= 0.6 is 0 Å². The fourth-order valence-corrected chi connectivity index (χ4v) is 2.56. The van der Waals surface area contributed by atoms with Crippen LogP contribution in [-0.2, 0) is 0 Å². The number of benzene rings is 1. The number of nitrogens with one attached hydrogen (secondary N) is 1. The molecule has 1 aromatic carbocycles. The number of nitrogens with two attached hydrogens (primary N) is 1. The number of urea groups is 1. The Kier molecular flexibility index (Phi) is 4.74. The third-order valence-corrected chi connectivity index (χ3v) is 3.92. The maximum absolute atomic E-state index is 12.2. The number of hydrogen-bond acceptors (Lipinski definition) is 4. The second-order valence-corrected chi connectivity index (χ2v) is 5.42. The molecule has 0 saturated heterocycles. The molecule has 0 bridgehead atoms. The molecule has 0 spiro atoms. The lowest BCUT2D eigenvalue weighted by molar-refractivity contribution is -0.384. The first kappa shape index (κ1) is 15.2. The minimum Gasteiger partial charge on any atom is -0.328 e. The monoisotopic (exact) mass is 292 g/mol. The Labute approximate surface area is 123 Å². The summed E-state index contributed by atoms with van der Waals surface area (Å²) in [4.78, 5) is 24.1. The maximum Gasteiger partial charge on any atom is 0.321 e. The highest BCUT2D eigenvalue weighted by Crippen LogP contribution is 2.22. The number of carbonyl (C=O) groups excluding carboxylic acids is 1. The lowest BCUT2D eigenvalue weighted by Crippen LogP contribution is -2.43. The quantitative estimate of drug-likeness (QED) is 0.659. The molecule has 1 saturated carbocycles. The van der Waals surface area contributed by atoms with Crippen molar-refractivity contribution in [1.29, 1.82) is 0 Å². The van der Waals surface area contributed by atoms with Gasteiger partial charge >= 0.3 is 6.03 Å². The summed E-state index contributed by atoms with van der Waals surface area (Å²) < 4.78 is 0. The largest absolute Gasteiger partial charge is 0.328 e. The van der Waals surface area contributed by atoms with Crippen LogP contribution in [0.1, 0.15) is 25.7 Å². The number of carbonyl (C=O) groups is 1. The highest BCUT2D eigenvalue weighted by molar-refractivity contribution is 5.89. The van der Waals surface area contributed by atoms with Gasteiger partial charge in [0.05, 0.1) is 4.92 Å². The first-order valence-electron chi connectivity index (χ1n) is 7.01. The predicted molar refractivity (Wildman–Crippen MR) is 80.1 cm³/mol. The SMILES string of the molecule is CN(C(=O)Nc1cccc([N+](=O)[O-])c1)C1CCC(N)CC1. The molecule has 0 aliphatic heterocycles. The summed E-state index contributed by atoms with van der Waals surface area (Å²) in [5, 5.41) is 13.4. The van der Waals surface area contributed by atoms with Gasteiger partial charge in [0, 0.05) is 37.0 Å². The van der Waals surface area contributed by atoms with Gasteiger partial charge in [-0.05, 0) is 31.7 Å². The standard InChI is InChI=1S/C14H20N4O3/c1-17(12-7-5-10(15)6-8-12)14(19)16-11-3-2-4-13(9-11)18(20)21/h2-4,9-10,12H,5-8,15H2,1H3,(H,16,19). The molecule has 114 valence electrons. The van der Waals surface area contributed by atoms with Gasteiger partial charge in [-0.15, -0.1) is 0 Å². The van der Waals surface area contributed by atoms with Crippen molar-refractivity contribution >= 4 is 17.4 Å². The van der Waals surface area contributed by atoms with E-state index in [0.29, 0.717) is 5.69 Å². The number of amides is 2. The maximum atomic E-state index is 12.2. The van der Waals surface area contributed by atoms with Crippen LogP contribution in [0.3, 0.4) is 0 Å². The molecule has 0 unspecified atom stereocenters. The summed E-state index contributed by atoms with van der Waals surface area (Å²) in [6.07, 6.45) is 3.61. The van der Waals surface area contributed by atoms with Gasteiger partial charge in [0.25, 0.3) is 5.69 Å². The van der Waals surface area contributed by atoms with Gasteiger partial charge < -0.3 is 16.0 Å². The Morgan fingerprint density at radius 1 is 1.38 bits per heavy atom. The molecule has 1 aromatic rings. The van der Waals surface area contributed by atoms with Gasteiger partial charge in [-0.1, -0.05) is 6.07 Å². The number of nitro benzene ring substituents is 1. The molecular formula is C14H20N4O3. The van der Waals surface area contributed by atoms with Crippen molar-refractivity contribution in [3.05, 3.63) is 34.4 Å². The molecule has 3 N–H and O–H groups in total. The highest BCUT2D eigenvalue weighted by Gasteiger charge is 2.25. The zero-order chi connectivity index (χ0) is 15.4. The van der Waals surface area contributed by atoms with Crippen LogP contribution in [0.15, 0.2) is 24.3 Å². The highest BCUT2D eigenvalue weighted by atomic mass is 16.6. The summed E-state index contributed by atoms with van der Waals surface area (Å²) in [7, 11) is 1.74. The Morgan fingerprint density at radius 3 is 2.67 bits per heavy atom. The van der Waals surface area contributed by atoms with E-state index in [1.807, 2.05) is 0 Å². The average Bonchev–Trinajstić information content (AvgIpc) is 2.47. The van der Waals surface area contributed by atoms with E-state index in [9.17, 15) is 14.9 Å². The van der Waals surface area contributed by atoms with Gasteiger partial charge in [-0.2, -0.15) is 0 Å². The van der Waals surface area contributed by atoms with Crippen molar-refractivity contribution in [3.63, 3.8) is 0 Å². The molecule has 0 heterocycles. The van der Waals surface area contributed by atoms with Crippen molar-refractivity contribution in [3.8, 4) is 0 Å². The molecule has 0 radical (unpaired) electrons. The number of nitrogens with zero attached hydrogens (tertiary/aromatic N) is 2. The van der Waals surface area contributed by atoms with E-state index in [2.05, 4.69) is 5.32 Å². The average molecular weight is 292 g/mol. The normalized spacial score (nSPS) is 21.6. The predicted octanol–water partition coefficient (Wildman–Crippen LogP) is 2.33. The fourth-order valence-electron chi connectivity index (χ4n) is 2.56. The minimum atomic E-state index is -0.484. The van der Waals surface area contributed by atoms with Crippen molar-refractivity contribution < 1.29 is 9.72 Å². The Hall–Kier alpha value is -2.15. The van der Waals surface area contributed by atoms with E-state index in [1.165, 1.54) is 12.1 Å². The molecule has 1 fully saturated rings. The van der Waals surface area contributed by atoms with E-state index in [4.69, 9.17) is 5.73 Å². The molecule has 7 heteroatoms. The smallest absolute Gasteiger partial charge is 0.321 e. The van der Waals surface area contributed by atoms with E-state index in [0.717, 1.165) is 25.7 Å². The number of rotatable bonds is 3. The van der Waals surface area contributed by atoms with Crippen LogP contribution in [0.4, 0.5) is 16.2 Å². The van der Waals surface area contributed by atoms with Crippen LogP contribution in [0.2, 0.25) is 0 Å². The van der Waals surface area contributed by atoms with Crippen LogP contribution < -0.4 is 11.1 Å². The zero-order valence-electron chi connectivity index (χ0n) is 12.0. The molecule has 0 aromatic heterocycles. The third kappa shape index (κ3) is 3.91. The molecule has 1 aliphatic carbocycles. The Bertz CT molecular complexity index is 527. The number of anilines is 1. The first-order valence-corrected chi connectivity index (χ1v) is 7.01. The topological polar surface area (TPSA) is 102 Å². The minimum absolute atomic E-state index is 0.0425. The van der Waals surface area contributed by atoms with Gasteiger partial charge in [0.15, 0.2) is 0 Å². The Morgan fingerprint density at radius 2 is 2.05 bits per heavy atom. The lowest BCUT2D eigenvalue weighted by atomic mass is 9.91.